The van der Waals surface area contributed by atoms with E-state index < -0.39 is 0 Å². The molecule has 0 amide bonds. The van der Waals surface area contributed by atoms with Gasteiger partial charge in [0.15, 0.2) is 0 Å². The van der Waals surface area contributed by atoms with E-state index in [2.05, 4.69) is 39.9 Å². The maximum absolute atomic E-state index is 6.26. The summed E-state index contributed by atoms with van der Waals surface area (Å²) in [6, 6.07) is 5.70. The van der Waals surface area contributed by atoms with E-state index in [4.69, 9.17) is 23.2 Å². The third-order valence-electron chi connectivity index (χ3n) is 3.33. The summed E-state index contributed by atoms with van der Waals surface area (Å²) in [5.74, 6) is 1.15. The van der Waals surface area contributed by atoms with Gasteiger partial charge in [-0.25, -0.2) is 0 Å². The molecule has 0 fully saturated rings. The van der Waals surface area contributed by atoms with Crippen molar-refractivity contribution in [2.24, 2.45) is 11.8 Å². The van der Waals surface area contributed by atoms with Gasteiger partial charge in [0.1, 0.15) is 0 Å². The second-order valence-corrected chi connectivity index (χ2v) is 7.42. The smallest absolute Gasteiger partial charge is 0.0439 e. The highest BCUT2D eigenvalue weighted by Gasteiger charge is 2.18. The van der Waals surface area contributed by atoms with Crippen LogP contribution in [0.15, 0.2) is 18.2 Å². The topological polar surface area (TPSA) is 12.0 Å². The van der Waals surface area contributed by atoms with Gasteiger partial charge in [-0.15, -0.1) is 0 Å². The van der Waals surface area contributed by atoms with Crippen molar-refractivity contribution in [2.75, 3.05) is 6.54 Å². The molecule has 1 nitrogen and oxygen atoms in total. The third-order valence-corrected chi connectivity index (χ3v) is 3.93. The Labute approximate surface area is 127 Å². The minimum absolute atomic E-state index is 0.144. The highest BCUT2D eigenvalue weighted by atomic mass is 35.5. The van der Waals surface area contributed by atoms with Crippen LogP contribution in [0, 0.1) is 11.8 Å². The van der Waals surface area contributed by atoms with Gasteiger partial charge in [-0.05, 0) is 69.3 Å². The fourth-order valence-corrected chi connectivity index (χ4v) is 2.35. The Morgan fingerprint density at radius 2 is 1.79 bits per heavy atom. The third kappa shape index (κ3) is 6.16. The summed E-state index contributed by atoms with van der Waals surface area (Å²) in [6.07, 6.45) is 0.958. The molecule has 1 atom stereocenters. The Morgan fingerprint density at radius 1 is 1.16 bits per heavy atom. The lowest BCUT2D eigenvalue weighted by Gasteiger charge is -2.28. The monoisotopic (exact) mass is 301 g/mol. The molecule has 3 heteroatoms. The van der Waals surface area contributed by atoms with Crippen LogP contribution >= 0.6 is 23.2 Å². The van der Waals surface area contributed by atoms with Gasteiger partial charge in [-0.2, -0.15) is 0 Å². The van der Waals surface area contributed by atoms with Gasteiger partial charge in [-0.3, -0.25) is 0 Å². The number of nitrogens with one attached hydrogen (secondary N) is 1. The molecule has 0 aliphatic carbocycles. The van der Waals surface area contributed by atoms with Gasteiger partial charge < -0.3 is 5.32 Å². The summed E-state index contributed by atoms with van der Waals surface area (Å²) < 4.78 is 0. The van der Waals surface area contributed by atoms with Gasteiger partial charge in [-0.1, -0.05) is 37.0 Å². The van der Waals surface area contributed by atoms with Crippen molar-refractivity contribution < 1.29 is 0 Å². The van der Waals surface area contributed by atoms with E-state index in [9.17, 15) is 0 Å². The minimum Gasteiger partial charge on any atom is -0.312 e. The highest BCUT2D eigenvalue weighted by Crippen LogP contribution is 2.26. The van der Waals surface area contributed by atoms with Crippen LogP contribution in [0.25, 0.3) is 0 Å². The van der Waals surface area contributed by atoms with Gasteiger partial charge in [0, 0.05) is 15.6 Å². The van der Waals surface area contributed by atoms with E-state index in [0.29, 0.717) is 11.8 Å². The number of halogens is 2. The lowest BCUT2D eigenvalue weighted by Crippen LogP contribution is -2.40. The zero-order valence-electron chi connectivity index (χ0n) is 12.6. The Morgan fingerprint density at radius 3 is 2.32 bits per heavy atom. The molecule has 1 aromatic carbocycles. The number of rotatable bonds is 5. The van der Waals surface area contributed by atoms with E-state index in [1.807, 2.05) is 18.2 Å². The SMILES string of the molecule is CC(C)C(CNC(C)(C)C)Cc1cc(Cl)ccc1Cl. The molecule has 0 spiro atoms. The molecule has 0 heterocycles. The number of hydrogen-bond acceptors (Lipinski definition) is 1. The molecule has 0 aliphatic heterocycles. The molecule has 0 radical (unpaired) electrons. The van der Waals surface area contributed by atoms with Gasteiger partial charge in [0.25, 0.3) is 0 Å². The largest absolute Gasteiger partial charge is 0.312 e. The molecule has 1 rings (SSSR count). The van der Waals surface area contributed by atoms with Crippen molar-refractivity contribution in [1.82, 2.24) is 5.32 Å². The maximum atomic E-state index is 6.26. The number of benzene rings is 1. The highest BCUT2D eigenvalue weighted by molar-refractivity contribution is 6.33. The summed E-state index contributed by atoms with van der Waals surface area (Å²) in [5.41, 5.74) is 1.29. The molecule has 19 heavy (non-hydrogen) atoms. The predicted octanol–water partition coefficient (Wildman–Crippen LogP) is 5.20. The molecular formula is C16H25Cl2N. The van der Waals surface area contributed by atoms with Crippen molar-refractivity contribution >= 4 is 23.2 Å². The van der Waals surface area contributed by atoms with Crippen molar-refractivity contribution in [1.29, 1.82) is 0 Å². The van der Waals surface area contributed by atoms with Crippen LogP contribution in [-0.2, 0) is 6.42 Å². The first-order valence-corrected chi connectivity index (χ1v) is 7.63. The second-order valence-electron chi connectivity index (χ2n) is 6.57. The fraction of sp³-hybridized carbons (Fsp3) is 0.625. The zero-order valence-corrected chi connectivity index (χ0v) is 14.1. The summed E-state index contributed by atoms with van der Waals surface area (Å²) in [4.78, 5) is 0. The van der Waals surface area contributed by atoms with E-state index in [1.165, 1.54) is 0 Å². The van der Waals surface area contributed by atoms with E-state index >= 15 is 0 Å². The Balaban J connectivity index is 2.75. The quantitative estimate of drug-likeness (QED) is 0.788. The van der Waals surface area contributed by atoms with Gasteiger partial charge in [0.05, 0.1) is 0 Å². The standard InChI is InChI=1S/C16H25Cl2N/c1-11(2)13(10-19-16(3,4)5)8-12-9-14(17)6-7-15(12)18/h6-7,9,11,13,19H,8,10H2,1-5H3. The first kappa shape index (κ1) is 16.8. The molecule has 0 aromatic heterocycles. The van der Waals surface area contributed by atoms with Crippen LogP contribution in [0.2, 0.25) is 10.0 Å². The molecule has 1 unspecified atom stereocenters. The van der Waals surface area contributed by atoms with Crippen LogP contribution in [0.4, 0.5) is 0 Å². The average molecular weight is 302 g/mol. The molecule has 0 bridgehead atoms. The first-order valence-electron chi connectivity index (χ1n) is 6.88. The van der Waals surface area contributed by atoms with Crippen LogP contribution in [-0.4, -0.2) is 12.1 Å². The Kier molecular flexibility index (Phi) is 6.16. The summed E-state index contributed by atoms with van der Waals surface area (Å²) in [5, 5.41) is 5.15. The summed E-state index contributed by atoms with van der Waals surface area (Å²) in [6.45, 7) is 12.1. The Bertz CT molecular complexity index is 408. The lowest BCUT2D eigenvalue weighted by molar-refractivity contribution is 0.312. The molecule has 0 saturated heterocycles. The van der Waals surface area contributed by atoms with Gasteiger partial charge >= 0.3 is 0 Å². The van der Waals surface area contributed by atoms with Crippen molar-refractivity contribution in [2.45, 2.75) is 46.6 Å². The average Bonchev–Trinajstić information content (AvgIpc) is 2.27. The second kappa shape index (κ2) is 6.97. The predicted molar refractivity (Wildman–Crippen MR) is 86.2 cm³/mol. The van der Waals surface area contributed by atoms with Crippen LogP contribution in [0.3, 0.4) is 0 Å². The van der Waals surface area contributed by atoms with Crippen molar-refractivity contribution in [3.63, 3.8) is 0 Å². The normalized spacial score (nSPS) is 13.9. The summed E-state index contributed by atoms with van der Waals surface area (Å²) >= 11 is 12.3. The zero-order chi connectivity index (χ0) is 14.6. The molecule has 108 valence electrons. The van der Waals surface area contributed by atoms with Crippen molar-refractivity contribution in [3.8, 4) is 0 Å². The molecule has 1 N–H and O–H groups in total. The summed E-state index contributed by atoms with van der Waals surface area (Å²) in [7, 11) is 0. The minimum atomic E-state index is 0.144. The van der Waals surface area contributed by atoms with E-state index in [-0.39, 0.29) is 5.54 Å². The van der Waals surface area contributed by atoms with Crippen molar-refractivity contribution in [3.05, 3.63) is 33.8 Å². The molecule has 0 aliphatic rings. The first-order chi connectivity index (χ1) is 8.69. The molecule has 1 aromatic rings. The fourth-order valence-electron chi connectivity index (χ4n) is 1.96. The maximum Gasteiger partial charge on any atom is 0.0439 e. The van der Waals surface area contributed by atoms with E-state index in [1.54, 1.807) is 0 Å². The number of hydrogen-bond donors (Lipinski definition) is 1. The van der Waals surface area contributed by atoms with E-state index in [0.717, 1.165) is 28.6 Å². The van der Waals surface area contributed by atoms with Crippen LogP contribution in [0.1, 0.15) is 40.2 Å². The lowest BCUT2D eigenvalue weighted by atomic mass is 9.88. The molecule has 0 saturated carbocycles. The Hall–Kier alpha value is -0.240. The molecular weight excluding hydrogens is 277 g/mol. The van der Waals surface area contributed by atoms with Gasteiger partial charge in [0.2, 0.25) is 0 Å². The van der Waals surface area contributed by atoms with Crippen LogP contribution < -0.4 is 5.32 Å². The van der Waals surface area contributed by atoms with Crippen LogP contribution in [0.5, 0.6) is 0 Å².